The fourth-order valence-electron chi connectivity index (χ4n) is 2.10. The van der Waals surface area contributed by atoms with Crippen LogP contribution in [0.3, 0.4) is 0 Å². The van der Waals surface area contributed by atoms with Gasteiger partial charge in [-0.1, -0.05) is 30.3 Å². The Hall–Kier alpha value is -0.900. The van der Waals surface area contributed by atoms with E-state index in [0.29, 0.717) is 0 Å². The number of nitrogens with one attached hydrogen (secondary N) is 1. The zero-order valence-corrected chi connectivity index (χ0v) is 11.9. The van der Waals surface area contributed by atoms with Crippen LogP contribution < -0.4 is 5.32 Å². The molecule has 1 unspecified atom stereocenters. The molecule has 0 radical (unpaired) electrons. The van der Waals surface area contributed by atoms with Crippen LogP contribution in [-0.2, 0) is 11.3 Å². The summed E-state index contributed by atoms with van der Waals surface area (Å²) in [7, 11) is 1.70. The van der Waals surface area contributed by atoms with Crippen molar-refractivity contribution >= 4 is 0 Å². The van der Waals surface area contributed by atoms with Crippen molar-refractivity contribution in [2.24, 2.45) is 0 Å². The lowest BCUT2D eigenvalue weighted by Crippen LogP contribution is -2.50. The molecule has 0 saturated heterocycles. The number of aliphatic hydroxyl groups is 1. The van der Waals surface area contributed by atoms with Gasteiger partial charge in [0.25, 0.3) is 0 Å². The molecule has 0 fully saturated rings. The fourth-order valence-corrected chi connectivity index (χ4v) is 2.10. The Morgan fingerprint density at radius 1 is 1.17 bits per heavy atom. The van der Waals surface area contributed by atoms with Gasteiger partial charge in [-0.2, -0.15) is 0 Å². The molecule has 0 aliphatic rings. The molecule has 0 aromatic heterocycles. The second-order valence-electron chi connectivity index (χ2n) is 5.70. The molecule has 102 valence electrons. The van der Waals surface area contributed by atoms with E-state index in [0.717, 1.165) is 13.0 Å². The largest absolute Gasteiger partial charge is 0.394 e. The van der Waals surface area contributed by atoms with E-state index in [9.17, 15) is 5.11 Å². The molecule has 1 rings (SSSR count). The number of hydrogen-bond acceptors (Lipinski definition) is 3. The first-order valence-electron chi connectivity index (χ1n) is 6.36. The van der Waals surface area contributed by atoms with E-state index < -0.39 is 0 Å². The molecule has 0 heterocycles. The highest BCUT2D eigenvalue weighted by Crippen LogP contribution is 2.23. The smallest absolute Gasteiger partial charge is 0.0641 e. The lowest BCUT2D eigenvalue weighted by Gasteiger charge is -2.36. The molecule has 0 saturated carbocycles. The van der Waals surface area contributed by atoms with E-state index in [1.165, 1.54) is 5.56 Å². The third-order valence-electron chi connectivity index (χ3n) is 3.28. The van der Waals surface area contributed by atoms with Crippen LogP contribution in [0, 0.1) is 0 Å². The van der Waals surface area contributed by atoms with Gasteiger partial charge in [0.2, 0.25) is 0 Å². The zero-order chi connectivity index (χ0) is 13.6. The topological polar surface area (TPSA) is 41.5 Å². The number of ether oxygens (including phenoxy) is 1. The molecule has 3 nitrogen and oxygen atoms in total. The van der Waals surface area contributed by atoms with Gasteiger partial charge in [-0.15, -0.1) is 0 Å². The summed E-state index contributed by atoms with van der Waals surface area (Å²) in [6.45, 7) is 6.93. The Bertz CT molecular complexity index is 351. The minimum Gasteiger partial charge on any atom is -0.394 e. The maximum atomic E-state index is 9.60. The summed E-state index contributed by atoms with van der Waals surface area (Å²) in [6, 6.07) is 10.2. The highest BCUT2D eigenvalue weighted by molar-refractivity contribution is 5.14. The van der Waals surface area contributed by atoms with Crippen molar-refractivity contribution in [3.05, 3.63) is 35.9 Å². The Morgan fingerprint density at radius 2 is 1.78 bits per heavy atom. The second-order valence-corrected chi connectivity index (χ2v) is 5.70. The Kier molecular flexibility index (Phi) is 5.32. The summed E-state index contributed by atoms with van der Waals surface area (Å²) >= 11 is 0. The van der Waals surface area contributed by atoms with Gasteiger partial charge in [-0.25, -0.2) is 0 Å². The van der Waals surface area contributed by atoms with Gasteiger partial charge in [0.05, 0.1) is 12.2 Å². The van der Waals surface area contributed by atoms with Crippen molar-refractivity contribution in [1.82, 2.24) is 5.32 Å². The lowest BCUT2D eigenvalue weighted by molar-refractivity contribution is -0.0166. The van der Waals surface area contributed by atoms with E-state index in [-0.39, 0.29) is 17.7 Å². The van der Waals surface area contributed by atoms with Crippen LogP contribution in [0.5, 0.6) is 0 Å². The Morgan fingerprint density at radius 3 is 2.28 bits per heavy atom. The normalized spacial score (nSPS) is 15.4. The van der Waals surface area contributed by atoms with Gasteiger partial charge in [0.1, 0.15) is 0 Å². The highest BCUT2D eigenvalue weighted by atomic mass is 16.5. The summed E-state index contributed by atoms with van der Waals surface area (Å²) in [5.74, 6) is 0. The van der Waals surface area contributed by atoms with Crippen LogP contribution in [0.15, 0.2) is 30.3 Å². The lowest BCUT2D eigenvalue weighted by atomic mass is 9.88. The first-order valence-corrected chi connectivity index (χ1v) is 6.36. The summed E-state index contributed by atoms with van der Waals surface area (Å²) in [4.78, 5) is 0. The van der Waals surface area contributed by atoms with Crippen molar-refractivity contribution in [1.29, 1.82) is 0 Å². The van der Waals surface area contributed by atoms with Crippen molar-refractivity contribution in [2.75, 3.05) is 13.7 Å². The van der Waals surface area contributed by atoms with E-state index in [1.807, 2.05) is 39.0 Å². The summed E-state index contributed by atoms with van der Waals surface area (Å²) < 4.78 is 5.44. The van der Waals surface area contributed by atoms with Gasteiger partial charge in [0.15, 0.2) is 0 Å². The van der Waals surface area contributed by atoms with E-state index >= 15 is 0 Å². The third-order valence-corrected chi connectivity index (χ3v) is 3.28. The van der Waals surface area contributed by atoms with Crippen molar-refractivity contribution < 1.29 is 9.84 Å². The minimum absolute atomic E-state index is 0.0899. The average Bonchev–Trinajstić information content (AvgIpc) is 2.37. The minimum atomic E-state index is -0.338. The molecular weight excluding hydrogens is 226 g/mol. The number of hydrogen-bond donors (Lipinski definition) is 2. The summed E-state index contributed by atoms with van der Waals surface area (Å²) in [5, 5.41) is 13.0. The fraction of sp³-hybridized carbons (Fsp3) is 0.600. The Labute approximate surface area is 110 Å². The third kappa shape index (κ3) is 4.77. The number of methoxy groups -OCH3 is 1. The SMILES string of the molecule is COC(C)(C)CC(C)(CO)NCc1ccccc1. The zero-order valence-electron chi connectivity index (χ0n) is 11.9. The molecule has 1 aromatic carbocycles. The maximum absolute atomic E-state index is 9.60. The summed E-state index contributed by atoms with van der Waals surface area (Å²) in [5.41, 5.74) is 0.628. The molecular formula is C15H25NO2. The molecule has 1 atom stereocenters. The van der Waals surface area contributed by atoms with Crippen LogP contribution in [0.2, 0.25) is 0 Å². The Balaban J connectivity index is 2.60. The van der Waals surface area contributed by atoms with Crippen LogP contribution in [-0.4, -0.2) is 30.0 Å². The van der Waals surface area contributed by atoms with Gasteiger partial charge < -0.3 is 15.2 Å². The van der Waals surface area contributed by atoms with Crippen molar-refractivity contribution in [3.63, 3.8) is 0 Å². The molecule has 3 heteroatoms. The average molecular weight is 251 g/mol. The van der Waals surface area contributed by atoms with Crippen LogP contribution >= 0.6 is 0 Å². The highest BCUT2D eigenvalue weighted by Gasteiger charge is 2.31. The van der Waals surface area contributed by atoms with Crippen molar-refractivity contribution in [2.45, 2.75) is 44.9 Å². The predicted octanol–water partition coefficient (Wildman–Crippen LogP) is 2.34. The molecule has 18 heavy (non-hydrogen) atoms. The standard InChI is InChI=1S/C15H25NO2/c1-14(2,18-4)11-15(3,12-17)16-10-13-8-6-5-7-9-13/h5-9,16-17H,10-12H2,1-4H3. The van der Waals surface area contributed by atoms with Gasteiger partial charge in [0, 0.05) is 19.2 Å². The summed E-state index contributed by atoms with van der Waals surface area (Å²) in [6.07, 6.45) is 0.750. The predicted molar refractivity (Wildman–Crippen MR) is 74.5 cm³/mol. The van der Waals surface area contributed by atoms with Crippen LogP contribution in [0.4, 0.5) is 0 Å². The number of rotatable bonds is 7. The number of benzene rings is 1. The molecule has 0 aliphatic heterocycles. The molecule has 0 aliphatic carbocycles. The van der Waals surface area contributed by atoms with Crippen LogP contribution in [0.25, 0.3) is 0 Å². The first kappa shape index (κ1) is 15.2. The van der Waals surface area contributed by atoms with Gasteiger partial charge in [-0.3, -0.25) is 0 Å². The van der Waals surface area contributed by atoms with Gasteiger partial charge in [-0.05, 0) is 32.8 Å². The van der Waals surface area contributed by atoms with Crippen molar-refractivity contribution in [3.8, 4) is 0 Å². The first-order chi connectivity index (χ1) is 8.41. The second kappa shape index (κ2) is 6.32. The van der Waals surface area contributed by atoms with Crippen LogP contribution in [0.1, 0.15) is 32.8 Å². The van der Waals surface area contributed by atoms with E-state index in [1.54, 1.807) is 7.11 Å². The van der Waals surface area contributed by atoms with E-state index in [4.69, 9.17) is 4.74 Å². The molecule has 0 bridgehead atoms. The molecule has 0 spiro atoms. The van der Waals surface area contributed by atoms with Gasteiger partial charge >= 0.3 is 0 Å². The number of aliphatic hydroxyl groups excluding tert-OH is 1. The van der Waals surface area contributed by atoms with E-state index in [2.05, 4.69) is 17.4 Å². The molecule has 1 aromatic rings. The molecule has 0 amide bonds. The molecule has 2 N–H and O–H groups in total. The quantitative estimate of drug-likeness (QED) is 0.781. The maximum Gasteiger partial charge on any atom is 0.0641 e. The monoisotopic (exact) mass is 251 g/mol.